The molecule has 0 heteroatoms. The molecule has 0 radical (unpaired) electrons. The van der Waals surface area contributed by atoms with Crippen molar-refractivity contribution in [3.8, 4) is 0 Å². The molecule has 0 saturated heterocycles. The van der Waals surface area contributed by atoms with Crippen LogP contribution in [0.25, 0.3) is 0 Å². The summed E-state index contributed by atoms with van der Waals surface area (Å²) in [5.74, 6) is 4.48. The molecule has 0 bridgehead atoms. The van der Waals surface area contributed by atoms with E-state index in [1.165, 1.54) is 107 Å². The van der Waals surface area contributed by atoms with E-state index in [0.29, 0.717) is 0 Å². The van der Waals surface area contributed by atoms with Gasteiger partial charge in [0, 0.05) is 0 Å². The second kappa shape index (κ2) is 26.4. The Labute approximate surface area is 243 Å². The molecule has 0 aliphatic heterocycles. The van der Waals surface area contributed by atoms with E-state index < -0.39 is 0 Å². The fraction of sp³-hybridized carbons (Fsp3) is 0.842. The highest BCUT2D eigenvalue weighted by molar-refractivity contribution is 5.05. The standard InChI is InChI=1S/C19H40.C19H34/c2*1-16(2)10-7-12-18(5)14-9-15-19(6)13-8-11-17(3)4/h16-19H,7-15H2,1-6H3;10,13-14,17H,7-9,11-12,15H2,1-6H3/b;18-14+,19-13+. The Balaban J connectivity index is 0. The lowest BCUT2D eigenvalue weighted by molar-refractivity contribution is 0.381. The molecule has 0 nitrogen and oxygen atoms in total. The highest BCUT2D eigenvalue weighted by Crippen LogP contribution is 2.22. The van der Waals surface area contributed by atoms with Gasteiger partial charge in [0.25, 0.3) is 0 Å². The van der Waals surface area contributed by atoms with E-state index >= 15 is 0 Å². The summed E-state index contributed by atoms with van der Waals surface area (Å²) in [7, 11) is 0. The van der Waals surface area contributed by atoms with Crippen LogP contribution in [0, 0.1) is 29.6 Å². The summed E-state index contributed by atoms with van der Waals surface area (Å²) in [5.41, 5.74) is 4.51. The van der Waals surface area contributed by atoms with Gasteiger partial charge in [-0.05, 0) is 95.8 Å². The smallest absolute Gasteiger partial charge is 0.0288 e. The quantitative estimate of drug-likeness (QED) is 0.129. The Bertz CT molecular complexity index is 574. The van der Waals surface area contributed by atoms with Gasteiger partial charge in [-0.2, -0.15) is 0 Å². The molecule has 0 fully saturated rings. The molecule has 0 aliphatic carbocycles. The summed E-state index contributed by atoms with van der Waals surface area (Å²) in [6.07, 6.45) is 27.5. The van der Waals surface area contributed by atoms with Crippen molar-refractivity contribution < 1.29 is 0 Å². The van der Waals surface area contributed by atoms with Crippen LogP contribution in [0.1, 0.15) is 179 Å². The average Bonchev–Trinajstić information content (AvgIpc) is 2.78. The van der Waals surface area contributed by atoms with Gasteiger partial charge in [0.05, 0.1) is 0 Å². The molecule has 226 valence electrons. The molecule has 0 aromatic heterocycles. The molecule has 0 amide bonds. The zero-order valence-electron chi connectivity index (χ0n) is 28.7. The molecular weight excluding hydrogens is 456 g/mol. The summed E-state index contributed by atoms with van der Waals surface area (Å²) in [4.78, 5) is 0. The molecular formula is C38H74. The highest BCUT2D eigenvalue weighted by atomic mass is 14.1. The Hall–Kier alpha value is -0.780. The van der Waals surface area contributed by atoms with E-state index in [9.17, 15) is 0 Å². The Morgan fingerprint density at radius 3 is 1.13 bits per heavy atom. The average molecular weight is 531 g/mol. The highest BCUT2D eigenvalue weighted by Gasteiger charge is 2.07. The zero-order chi connectivity index (χ0) is 29.3. The van der Waals surface area contributed by atoms with Crippen molar-refractivity contribution in [3.63, 3.8) is 0 Å². The molecule has 0 aromatic carbocycles. The van der Waals surface area contributed by atoms with Crippen molar-refractivity contribution in [1.82, 2.24) is 0 Å². The van der Waals surface area contributed by atoms with Crippen molar-refractivity contribution in [2.45, 2.75) is 179 Å². The van der Waals surface area contributed by atoms with Gasteiger partial charge < -0.3 is 0 Å². The van der Waals surface area contributed by atoms with Crippen LogP contribution in [0.5, 0.6) is 0 Å². The van der Waals surface area contributed by atoms with Crippen LogP contribution < -0.4 is 0 Å². The van der Waals surface area contributed by atoms with Gasteiger partial charge >= 0.3 is 0 Å². The maximum absolute atomic E-state index is 2.45. The number of rotatable bonds is 21. The molecule has 2 unspecified atom stereocenters. The summed E-state index contributed by atoms with van der Waals surface area (Å²) in [6.45, 7) is 27.7. The van der Waals surface area contributed by atoms with Gasteiger partial charge in [0.1, 0.15) is 0 Å². The zero-order valence-corrected chi connectivity index (χ0v) is 28.7. The molecule has 0 spiro atoms. The van der Waals surface area contributed by atoms with E-state index in [1.54, 1.807) is 5.57 Å². The number of allylic oxidation sites excluding steroid dienone is 6. The Kier molecular flexibility index (Phi) is 27.4. The minimum absolute atomic E-state index is 0.821. The lowest BCUT2D eigenvalue weighted by atomic mass is 9.91. The van der Waals surface area contributed by atoms with E-state index in [0.717, 1.165) is 29.6 Å². The van der Waals surface area contributed by atoms with Gasteiger partial charge in [-0.3, -0.25) is 0 Å². The molecule has 0 heterocycles. The van der Waals surface area contributed by atoms with Gasteiger partial charge in [-0.1, -0.05) is 148 Å². The van der Waals surface area contributed by atoms with Crippen LogP contribution in [0.2, 0.25) is 0 Å². The lowest BCUT2D eigenvalue weighted by Crippen LogP contribution is -2.00. The summed E-state index contributed by atoms with van der Waals surface area (Å²) in [5, 5.41) is 0. The monoisotopic (exact) mass is 531 g/mol. The van der Waals surface area contributed by atoms with E-state index in [2.05, 4.69) is 101 Å². The molecule has 0 aliphatic rings. The summed E-state index contributed by atoms with van der Waals surface area (Å²) < 4.78 is 0. The maximum atomic E-state index is 2.45. The minimum atomic E-state index is 0.821. The number of hydrogen-bond acceptors (Lipinski definition) is 0. The fourth-order valence-corrected chi connectivity index (χ4v) is 4.85. The Morgan fingerprint density at radius 1 is 0.421 bits per heavy atom. The maximum Gasteiger partial charge on any atom is -0.0288 e. The van der Waals surface area contributed by atoms with Gasteiger partial charge in [-0.25, -0.2) is 0 Å². The third-order valence-electron chi connectivity index (χ3n) is 7.71. The third-order valence-corrected chi connectivity index (χ3v) is 7.71. The largest absolute Gasteiger partial charge is 0.0856 e. The van der Waals surface area contributed by atoms with E-state index in [1.807, 2.05) is 0 Å². The molecule has 0 N–H and O–H groups in total. The van der Waals surface area contributed by atoms with Crippen molar-refractivity contribution in [2.24, 2.45) is 29.6 Å². The summed E-state index contributed by atoms with van der Waals surface area (Å²) in [6, 6.07) is 0. The Morgan fingerprint density at radius 2 is 0.763 bits per heavy atom. The van der Waals surface area contributed by atoms with Crippen LogP contribution in [0.4, 0.5) is 0 Å². The van der Waals surface area contributed by atoms with Crippen molar-refractivity contribution in [1.29, 1.82) is 0 Å². The van der Waals surface area contributed by atoms with Gasteiger partial charge in [0.15, 0.2) is 0 Å². The summed E-state index contributed by atoms with van der Waals surface area (Å²) >= 11 is 0. The molecule has 38 heavy (non-hydrogen) atoms. The fourth-order valence-electron chi connectivity index (χ4n) is 4.85. The third kappa shape index (κ3) is 33.2. The normalized spacial score (nSPS) is 14.1. The predicted molar refractivity (Wildman–Crippen MR) is 179 cm³/mol. The van der Waals surface area contributed by atoms with Gasteiger partial charge in [0.2, 0.25) is 0 Å². The van der Waals surface area contributed by atoms with Crippen molar-refractivity contribution in [2.75, 3.05) is 0 Å². The van der Waals surface area contributed by atoms with E-state index in [4.69, 9.17) is 0 Å². The van der Waals surface area contributed by atoms with Gasteiger partial charge in [-0.15, -0.1) is 0 Å². The molecule has 2 atom stereocenters. The SMILES string of the molecule is CC(C)=CCC/C(C)=C/CC/C(C)=C/CCC(C)C.CC(C)CCCC(C)CCCC(C)CCCC(C)C. The van der Waals surface area contributed by atoms with E-state index in [-0.39, 0.29) is 0 Å². The molecule has 0 rings (SSSR count). The lowest BCUT2D eigenvalue weighted by Gasteiger charge is -2.15. The van der Waals surface area contributed by atoms with Crippen LogP contribution in [-0.4, -0.2) is 0 Å². The second-order valence-electron chi connectivity index (χ2n) is 14.2. The molecule has 0 saturated carbocycles. The predicted octanol–water partition coefficient (Wildman–Crippen LogP) is 13.9. The van der Waals surface area contributed by atoms with Crippen molar-refractivity contribution in [3.05, 3.63) is 34.9 Å². The first-order valence-electron chi connectivity index (χ1n) is 16.8. The number of hydrogen-bond donors (Lipinski definition) is 0. The second-order valence-corrected chi connectivity index (χ2v) is 14.2. The topological polar surface area (TPSA) is 0 Å². The van der Waals surface area contributed by atoms with Crippen LogP contribution in [0.15, 0.2) is 34.9 Å². The van der Waals surface area contributed by atoms with Crippen LogP contribution >= 0.6 is 0 Å². The van der Waals surface area contributed by atoms with Crippen LogP contribution in [-0.2, 0) is 0 Å². The first-order chi connectivity index (χ1) is 17.8. The first kappa shape index (κ1) is 39.4. The van der Waals surface area contributed by atoms with Crippen molar-refractivity contribution >= 4 is 0 Å². The molecule has 0 aromatic rings. The first-order valence-corrected chi connectivity index (χ1v) is 16.8. The minimum Gasteiger partial charge on any atom is -0.0856 e. The van der Waals surface area contributed by atoms with Crippen LogP contribution in [0.3, 0.4) is 0 Å².